The number of carbonyl (C=O) groups excluding carboxylic acids is 1. The summed E-state index contributed by atoms with van der Waals surface area (Å²) >= 11 is 5.69. The summed E-state index contributed by atoms with van der Waals surface area (Å²) in [6.45, 7) is -0.288. The molecule has 1 heterocycles. The summed E-state index contributed by atoms with van der Waals surface area (Å²) in [5, 5.41) is 11.2. The second-order valence-electron chi connectivity index (χ2n) is 4.06. The minimum absolute atomic E-state index is 0.0131. The summed E-state index contributed by atoms with van der Waals surface area (Å²) < 4.78 is 18.5. The standard InChI is InChI=1S/C15H11ClFNO3/c16-14-12(5-7-21-14)15(20)18-9-11-8-10(2-1-6-19)3-4-13(11)17/h3-5,7-8,19H,6,9H2,(H,18,20). The van der Waals surface area contributed by atoms with Crippen molar-refractivity contribution in [3.8, 4) is 11.8 Å². The zero-order valence-electron chi connectivity index (χ0n) is 10.8. The van der Waals surface area contributed by atoms with Crippen molar-refractivity contribution < 1.29 is 18.7 Å². The number of halogens is 2. The van der Waals surface area contributed by atoms with Gasteiger partial charge in [-0.05, 0) is 35.9 Å². The van der Waals surface area contributed by atoms with Gasteiger partial charge in [-0.1, -0.05) is 11.8 Å². The van der Waals surface area contributed by atoms with Crippen molar-refractivity contribution in [2.75, 3.05) is 6.61 Å². The van der Waals surface area contributed by atoms with Gasteiger partial charge in [-0.3, -0.25) is 4.79 Å². The zero-order chi connectivity index (χ0) is 15.2. The number of aliphatic hydroxyl groups excluding tert-OH is 1. The van der Waals surface area contributed by atoms with Crippen LogP contribution in [-0.2, 0) is 6.54 Å². The number of hydrogen-bond donors (Lipinski definition) is 2. The van der Waals surface area contributed by atoms with Crippen molar-refractivity contribution in [1.29, 1.82) is 0 Å². The smallest absolute Gasteiger partial charge is 0.256 e. The van der Waals surface area contributed by atoms with Gasteiger partial charge >= 0.3 is 0 Å². The molecule has 0 atom stereocenters. The van der Waals surface area contributed by atoms with Gasteiger partial charge in [-0.15, -0.1) is 0 Å². The van der Waals surface area contributed by atoms with Gasteiger partial charge < -0.3 is 14.8 Å². The molecule has 0 unspecified atom stereocenters. The van der Waals surface area contributed by atoms with Crippen LogP contribution in [0.4, 0.5) is 4.39 Å². The second-order valence-corrected chi connectivity index (χ2v) is 4.40. The normalized spacial score (nSPS) is 9.86. The van der Waals surface area contributed by atoms with Crippen molar-refractivity contribution >= 4 is 17.5 Å². The molecule has 2 aromatic rings. The Bertz CT molecular complexity index is 715. The Kier molecular flexibility index (Phi) is 4.99. The zero-order valence-corrected chi connectivity index (χ0v) is 11.6. The van der Waals surface area contributed by atoms with E-state index >= 15 is 0 Å². The Morgan fingerprint density at radius 2 is 2.24 bits per heavy atom. The van der Waals surface area contributed by atoms with Crippen LogP contribution in [-0.4, -0.2) is 17.6 Å². The van der Waals surface area contributed by atoms with E-state index in [1.807, 2.05) is 0 Å². The van der Waals surface area contributed by atoms with E-state index in [0.717, 1.165) is 0 Å². The molecule has 0 aliphatic carbocycles. The molecule has 2 rings (SSSR count). The number of benzene rings is 1. The Morgan fingerprint density at radius 3 is 2.90 bits per heavy atom. The molecule has 108 valence electrons. The fourth-order valence-corrected chi connectivity index (χ4v) is 1.86. The maximum Gasteiger partial charge on any atom is 0.256 e. The Morgan fingerprint density at radius 1 is 1.43 bits per heavy atom. The number of aliphatic hydroxyl groups is 1. The van der Waals surface area contributed by atoms with Crippen molar-refractivity contribution in [3.63, 3.8) is 0 Å². The molecule has 0 aliphatic heterocycles. The second kappa shape index (κ2) is 6.93. The molecule has 0 aliphatic rings. The van der Waals surface area contributed by atoms with Crippen LogP contribution in [0.2, 0.25) is 5.22 Å². The summed E-state index contributed by atoms with van der Waals surface area (Å²) in [6.07, 6.45) is 1.29. The first-order chi connectivity index (χ1) is 10.1. The van der Waals surface area contributed by atoms with E-state index in [9.17, 15) is 9.18 Å². The molecule has 21 heavy (non-hydrogen) atoms. The lowest BCUT2D eigenvalue weighted by Crippen LogP contribution is -2.23. The average molecular weight is 308 g/mol. The van der Waals surface area contributed by atoms with Crippen LogP contribution in [0.3, 0.4) is 0 Å². The van der Waals surface area contributed by atoms with Gasteiger partial charge in [0.1, 0.15) is 12.4 Å². The molecule has 0 saturated heterocycles. The highest BCUT2D eigenvalue weighted by molar-refractivity contribution is 6.32. The van der Waals surface area contributed by atoms with Gasteiger partial charge in [-0.2, -0.15) is 0 Å². The monoisotopic (exact) mass is 307 g/mol. The summed E-state index contributed by atoms with van der Waals surface area (Å²) in [5.74, 6) is 4.23. The Balaban J connectivity index is 2.09. The van der Waals surface area contributed by atoms with Crippen LogP contribution in [0.1, 0.15) is 21.5 Å². The third kappa shape index (κ3) is 3.85. The van der Waals surface area contributed by atoms with E-state index in [0.29, 0.717) is 5.56 Å². The summed E-state index contributed by atoms with van der Waals surface area (Å²) in [4.78, 5) is 11.8. The maximum absolute atomic E-state index is 13.7. The molecule has 0 fully saturated rings. The molecular weight excluding hydrogens is 297 g/mol. The topological polar surface area (TPSA) is 62.5 Å². The van der Waals surface area contributed by atoms with E-state index in [1.54, 1.807) is 0 Å². The summed E-state index contributed by atoms with van der Waals surface area (Å²) in [7, 11) is 0. The molecule has 2 N–H and O–H groups in total. The number of rotatable bonds is 3. The average Bonchev–Trinajstić information content (AvgIpc) is 2.91. The van der Waals surface area contributed by atoms with Crippen LogP contribution >= 0.6 is 11.6 Å². The molecule has 1 amide bonds. The van der Waals surface area contributed by atoms with Crippen molar-refractivity contribution in [3.05, 3.63) is 58.3 Å². The lowest BCUT2D eigenvalue weighted by molar-refractivity contribution is 0.0950. The highest BCUT2D eigenvalue weighted by atomic mass is 35.5. The summed E-state index contributed by atoms with van der Waals surface area (Å²) in [5.41, 5.74) is 1.03. The molecule has 0 spiro atoms. The first kappa shape index (κ1) is 15.1. The van der Waals surface area contributed by atoms with E-state index < -0.39 is 11.7 Å². The fraction of sp³-hybridized carbons (Fsp3) is 0.133. The number of hydrogen-bond acceptors (Lipinski definition) is 3. The minimum Gasteiger partial charge on any atom is -0.452 e. The van der Waals surface area contributed by atoms with Crippen LogP contribution < -0.4 is 5.32 Å². The van der Waals surface area contributed by atoms with Gasteiger partial charge in [0.2, 0.25) is 5.22 Å². The predicted octanol–water partition coefficient (Wildman–Crippen LogP) is 2.35. The largest absolute Gasteiger partial charge is 0.452 e. The van der Waals surface area contributed by atoms with Crippen LogP contribution in [0.5, 0.6) is 0 Å². The number of nitrogens with one attached hydrogen (secondary N) is 1. The van der Waals surface area contributed by atoms with Gasteiger partial charge in [0.25, 0.3) is 5.91 Å². The lowest BCUT2D eigenvalue weighted by Gasteiger charge is -2.06. The molecule has 0 saturated carbocycles. The van der Waals surface area contributed by atoms with Gasteiger partial charge in [0.05, 0.1) is 11.8 Å². The number of furan rings is 1. The molecule has 4 nitrogen and oxygen atoms in total. The number of carbonyl (C=O) groups is 1. The maximum atomic E-state index is 13.7. The third-order valence-electron chi connectivity index (χ3n) is 2.66. The highest BCUT2D eigenvalue weighted by Gasteiger charge is 2.13. The third-order valence-corrected chi connectivity index (χ3v) is 2.95. The first-order valence-corrected chi connectivity index (χ1v) is 6.39. The van der Waals surface area contributed by atoms with Crippen molar-refractivity contribution in [2.45, 2.75) is 6.54 Å². The van der Waals surface area contributed by atoms with Gasteiger partial charge in [0.15, 0.2) is 0 Å². The van der Waals surface area contributed by atoms with E-state index in [4.69, 9.17) is 21.1 Å². The first-order valence-electron chi connectivity index (χ1n) is 6.01. The number of amides is 1. The predicted molar refractivity (Wildman–Crippen MR) is 75.3 cm³/mol. The van der Waals surface area contributed by atoms with E-state index in [2.05, 4.69) is 17.2 Å². The van der Waals surface area contributed by atoms with Gasteiger partial charge in [0, 0.05) is 17.7 Å². The van der Waals surface area contributed by atoms with Crippen LogP contribution in [0.25, 0.3) is 0 Å². The van der Waals surface area contributed by atoms with E-state index in [1.165, 1.54) is 30.5 Å². The molecule has 0 radical (unpaired) electrons. The molecule has 0 bridgehead atoms. The van der Waals surface area contributed by atoms with Gasteiger partial charge in [-0.25, -0.2) is 4.39 Å². The van der Waals surface area contributed by atoms with Crippen molar-refractivity contribution in [1.82, 2.24) is 5.32 Å². The molecule has 6 heteroatoms. The quantitative estimate of drug-likeness (QED) is 0.856. The molecular formula is C15H11ClFNO3. The fourth-order valence-electron chi connectivity index (χ4n) is 1.66. The minimum atomic E-state index is -0.458. The van der Waals surface area contributed by atoms with Crippen LogP contribution in [0.15, 0.2) is 34.9 Å². The SMILES string of the molecule is O=C(NCc1cc(C#CCO)ccc1F)c1ccoc1Cl. The van der Waals surface area contributed by atoms with Crippen LogP contribution in [0, 0.1) is 17.7 Å². The van der Waals surface area contributed by atoms with E-state index in [-0.39, 0.29) is 29.5 Å². The molecule has 1 aromatic heterocycles. The summed E-state index contributed by atoms with van der Waals surface area (Å²) in [6, 6.07) is 5.69. The van der Waals surface area contributed by atoms with Crippen molar-refractivity contribution in [2.24, 2.45) is 0 Å². The lowest BCUT2D eigenvalue weighted by atomic mass is 10.1. The Hall–Kier alpha value is -2.29. The highest BCUT2D eigenvalue weighted by Crippen LogP contribution is 2.17. The molecule has 1 aromatic carbocycles. The Labute approximate surface area is 125 Å².